The van der Waals surface area contributed by atoms with Crippen molar-refractivity contribution in [3.8, 4) is 0 Å². The molecule has 0 aliphatic carbocycles. The summed E-state index contributed by atoms with van der Waals surface area (Å²) in [5, 5.41) is 0. The van der Waals surface area contributed by atoms with E-state index in [1.807, 2.05) is 0 Å². The van der Waals surface area contributed by atoms with E-state index in [1.165, 1.54) is 4.90 Å². The lowest BCUT2D eigenvalue weighted by molar-refractivity contribution is -0.161. The van der Waals surface area contributed by atoms with Crippen LogP contribution in [0.15, 0.2) is 0 Å². The molecule has 0 N–H and O–H groups in total. The summed E-state index contributed by atoms with van der Waals surface area (Å²) in [6.45, 7) is 3.70. The largest absolute Gasteiger partial charge is 0.282 e. The Hall–Kier alpha value is -0.930. The zero-order valence-electron chi connectivity index (χ0n) is 10.0. The Kier molecular flexibility index (Phi) is 4.90. The third-order valence-corrected chi connectivity index (χ3v) is 3.19. The molecule has 1 aliphatic heterocycles. The maximum absolute atomic E-state index is 12.4. The summed E-state index contributed by atoms with van der Waals surface area (Å²) in [6.07, 6.45) is 3.35. The first kappa shape index (κ1) is 13.1. The van der Waals surface area contributed by atoms with Crippen molar-refractivity contribution in [2.75, 3.05) is 13.2 Å². The number of β-lactam (4-membered cyclic amide) rings is 1. The van der Waals surface area contributed by atoms with E-state index in [9.17, 15) is 14.0 Å². The average molecular weight is 229 g/mol. The number of hydrogen-bond acceptors (Lipinski definition) is 2. The van der Waals surface area contributed by atoms with Gasteiger partial charge in [0.15, 0.2) is 0 Å². The molecule has 0 spiro atoms. The highest BCUT2D eigenvalue weighted by atomic mass is 19.1. The van der Waals surface area contributed by atoms with Crippen molar-refractivity contribution in [3.05, 3.63) is 0 Å². The van der Waals surface area contributed by atoms with Crippen LogP contribution in [0.5, 0.6) is 0 Å². The smallest absolute Gasteiger partial charge is 0.234 e. The predicted octanol–water partition coefficient (Wildman–Crippen LogP) is 2.16. The molecule has 1 saturated heterocycles. The minimum absolute atomic E-state index is 0.0965. The lowest BCUT2D eigenvalue weighted by Gasteiger charge is -2.39. The molecule has 0 aromatic rings. The van der Waals surface area contributed by atoms with Crippen molar-refractivity contribution in [1.82, 2.24) is 4.90 Å². The quantitative estimate of drug-likeness (QED) is 0.517. The van der Waals surface area contributed by atoms with Crippen molar-refractivity contribution >= 4 is 11.8 Å². The van der Waals surface area contributed by atoms with E-state index in [4.69, 9.17) is 0 Å². The van der Waals surface area contributed by atoms with Crippen molar-refractivity contribution < 1.29 is 14.0 Å². The standard InChI is InChI=1S/C12H20FNO2/c1-3-4-5-6-11(15)14-8-10(12(14)16)9(2)7-13/h9-10H,3-8H2,1-2H3/t9-,10-/m1/s1. The number of carbonyl (C=O) groups is 2. The number of alkyl halides is 1. The summed E-state index contributed by atoms with van der Waals surface area (Å²) in [6, 6.07) is 0. The van der Waals surface area contributed by atoms with Crippen LogP contribution in [-0.2, 0) is 9.59 Å². The van der Waals surface area contributed by atoms with Crippen LogP contribution in [0, 0.1) is 11.8 Å². The Bertz CT molecular complexity index is 268. The van der Waals surface area contributed by atoms with E-state index in [0.717, 1.165) is 19.3 Å². The van der Waals surface area contributed by atoms with E-state index in [-0.39, 0.29) is 23.7 Å². The van der Waals surface area contributed by atoms with E-state index in [1.54, 1.807) is 6.92 Å². The van der Waals surface area contributed by atoms with Gasteiger partial charge in [-0.05, 0) is 12.3 Å². The van der Waals surface area contributed by atoms with Gasteiger partial charge in [-0.3, -0.25) is 18.9 Å². The Morgan fingerprint density at radius 3 is 2.75 bits per heavy atom. The number of imide groups is 1. The average Bonchev–Trinajstić information content (AvgIpc) is 2.27. The maximum atomic E-state index is 12.4. The number of hydrogen-bond donors (Lipinski definition) is 0. The summed E-state index contributed by atoms with van der Waals surface area (Å²) in [7, 11) is 0. The fourth-order valence-electron chi connectivity index (χ4n) is 1.87. The van der Waals surface area contributed by atoms with Gasteiger partial charge < -0.3 is 0 Å². The lowest BCUT2D eigenvalue weighted by atomic mass is 9.86. The van der Waals surface area contributed by atoms with Crippen molar-refractivity contribution in [2.24, 2.45) is 11.8 Å². The normalized spacial score (nSPS) is 21.8. The molecular formula is C12H20FNO2. The second kappa shape index (κ2) is 5.97. The monoisotopic (exact) mass is 229 g/mol. The van der Waals surface area contributed by atoms with Gasteiger partial charge in [-0.25, -0.2) is 0 Å². The Balaban J connectivity index is 2.31. The molecule has 0 radical (unpaired) electrons. The highest BCUT2D eigenvalue weighted by Crippen LogP contribution is 2.26. The van der Waals surface area contributed by atoms with Crippen molar-refractivity contribution in [1.29, 1.82) is 0 Å². The van der Waals surface area contributed by atoms with Gasteiger partial charge in [-0.1, -0.05) is 26.7 Å². The molecule has 1 fully saturated rings. The van der Waals surface area contributed by atoms with Gasteiger partial charge in [0.05, 0.1) is 12.6 Å². The molecule has 0 aromatic heterocycles. The summed E-state index contributed by atoms with van der Waals surface area (Å²) >= 11 is 0. The first-order chi connectivity index (χ1) is 7.61. The number of halogens is 1. The first-order valence-corrected chi connectivity index (χ1v) is 6.02. The summed E-state index contributed by atoms with van der Waals surface area (Å²) in [5.74, 6) is -0.820. The molecule has 4 heteroatoms. The number of amides is 2. The highest BCUT2D eigenvalue weighted by Gasteiger charge is 2.42. The van der Waals surface area contributed by atoms with Gasteiger partial charge >= 0.3 is 0 Å². The van der Waals surface area contributed by atoms with Crippen LogP contribution in [0.25, 0.3) is 0 Å². The fraction of sp³-hybridized carbons (Fsp3) is 0.833. The molecule has 1 heterocycles. The molecule has 3 nitrogen and oxygen atoms in total. The number of nitrogens with zero attached hydrogens (tertiary/aromatic N) is 1. The second-order valence-corrected chi connectivity index (χ2v) is 4.54. The second-order valence-electron chi connectivity index (χ2n) is 4.54. The van der Waals surface area contributed by atoms with E-state index in [0.29, 0.717) is 13.0 Å². The first-order valence-electron chi connectivity index (χ1n) is 6.02. The van der Waals surface area contributed by atoms with Crippen LogP contribution in [-0.4, -0.2) is 29.9 Å². The Morgan fingerprint density at radius 1 is 1.56 bits per heavy atom. The molecule has 92 valence electrons. The zero-order valence-corrected chi connectivity index (χ0v) is 10.0. The zero-order chi connectivity index (χ0) is 12.1. The topological polar surface area (TPSA) is 37.4 Å². The molecule has 2 amide bonds. The highest BCUT2D eigenvalue weighted by molar-refractivity contribution is 6.01. The number of unbranched alkanes of at least 4 members (excludes halogenated alkanes) is 2. The molecule has 0 aromatic carbocycles. The molecule has 0 bridgehead atoms. The predicted molar refractivity (Wildman–Crippen MR) is 59.5 cm³/mol. The Labute approximate surface area is 96.0 Å². The lowest BCUT2D eigenvalue weighted by Crippen LogP contribution is -2.57. The van der Waals surface area contributed by atoms with Crippen LogP contribution >= 0.6 is 0 Å². The van der Waals surface area contributed by atoms with Crippen molar-refractivity contribution in [2.45, 2.75) is 39.5 Å². The molecule has 0 saturated carbocycles. The maximum Gasteiger partial charge on any atom is 0.234 e. The SMILES string of the molecule is CCCCCC(=O)N1C[C@H]([C@H](C)CF)C1=O. The Morgan fingerprint density at radius 2 is 2.25 bits per heavy atom. The third-order valence-electron chi connectivity index (χ3n) is 3.19. The van der Waals surface area contributed by atoms with E-state index < -0.39 is 6.67 Å². The van der Waals surface area contributed by atoms with Gasteiger partial charge in [0.1, 0.15) is 0 Å². The minimum atomic E-state index is -0.492. The summed E-state index contributed by atoms with van der Waals surface area (Å²) in [5.41, 5.74) is 0. The molecule has 1 aliphatic rings. The summed E-state index contributed by atoms with van der Waals surface area (Å²) < 4.78 is 12.4. The van der Waals surface area contributed by atoms with E-state index in [2.05, 4.69) is 6.92 Å². The summed E-state index contributed by atoms with van der Waals surface area (Å²) in [4.78, 5) is 24.4. The number of likely N-dealkylation sites (tertiary alicyclic amines) is 1. The van der Waals surface area contributed by atoms with Crippen LogP contribution in [0.2, 0.25) is 0 Å². The van der Waals surface area contributed by atoms with Gasteiger partial charge in [-0.2, -0.15) is 0 Å². The molecule has 16 heavy (non-hydrogen) atoms. The van der Waals surface area contributed by atoms with Crippen LogP contribution in [0.3, 0.4) is 0 Å². The third kappa shape index (κ3) is 2.80. The molecule has 0 unspecified atom stereocenters. The van der Waals surface area contributed by atoms with Gasteiger partial charge in [-0.15, -0.1) is 0 Å². The van der Waals surface area contributed by atoms with Gasteiger partial charge in [0.2, 0.25) is 11.8 Å². The molecular weight excluding hydrogens is 209 g/mol. The van der Waals surface area contributed by atoms with E-state index >= 15 is 0 Å². The fourth-order valence-corrected chi connectivity index (χ4v) is 1.87. The molecule has 1 rings (SSSR count). The number of carbonyl (C=O) groups excluding carboxylic acids is 2. The van der Waals surface area contributed by atoms with Crippen LogP contribution in [0.1, 0.15) is 39.5 Å². The van der Waals surface area contributed by atoms with Crippen molar-refractivity contribution in [3.63, 3.8) is 0 Å². The van der Waals surface area contributed by atoms with Gasteiger partial charge in [0.25, 0.3) is 0 Å². The van der Waals surface area contributed by atoms with Gasteiger partial charge in [0, 0.05) is 13.0 Å². The molecule has 2 atom stereocenters. The minimum Gasteiger partial charge on any atom is -0.282 e. The number of rotatable bonds is 6. The van der Waals surface area contributed by atoms with Crippen LogP contribution in [0.4, 0.5) is 4.39 Å². The van der Waals surface area contributed by atoms with Crippen LogP contribution < -0.4 is 0 Å².